The Morgan fingerprint density at radius 2 is 1.67 bits per heavy atom. The van der Waals surface area contributed by atoms with Gasteiger partial charge in [-0.3, -0.25) is 0 Å². The van der Waals surface area contributed by atoms with Crippen molar-refractivity contribution in [2.24, 2.45) is 10.9 Å². The zero-order chi connectivity index (χ0) is 14.5. The van der Waals surface area contributed by atoms with Gasteiger partial charge in [0.2, 0.25) is 0 Å². The Kier molecular flexibility index (Phi) is 6.45. The molecule has 3 heteroatoms. The van der Waals surface area contributed by atoms with Crippen LogP contribution in [0.15, 0.2) is 41.4 Å². The first-order valence-corrected chi connectivity index (χ1v) is 6.20. The molecule has 18 heavy (non-hydrogen) atoms. The van der Waals surface area contributed by atoms with Crippen molar-refractivity contribution in [2.75, 3.05) is 21.1 Å². The smallest absolute Gasteiger partial charge is 0.137 e. The predicted octanol–water partition coefficient (Wildman–Crippen LogP) is 3.49. The van der Waals surface area contributed by atoms with E-state index in [0.29, 0.717) is 5.92 Å². The van der Waals surface area contributed by atoms with Crippen LogP contribution in [-0.2, 0) is 0 Å². The maximum Gasteiger partial charge on any atom is 0.137 e. The molecule has 0 saturated carbocycles. The fourth-order valence-electron chi connectivity index (χ4n) is 1.27. The molecule has 0 rings (SSSR count). The molecule has 0 radical (unpaired) electrons. The minimum absolute atomic E-state index is 0.429. The van der Waals surface area contributed by atoms with E-state index in [1.807, 2.05) is 44.8 Å². The molecule has 0 aliphatic rings. The second-order valence-electron chi connectivity index (χ2n) is 4.99. The van der Waals surface area contributed by atoms with Gasteiger partial charge >= 0.3 is 0 Å². The van der Waals surface area contributed by atoms with Crippen LogP contribution in [0.4, 0.5) is 0 Å². The summed E-state index contributed by atoms with van der Waals surface area (Å²) in [4.78, 5) is 8.63. The first-order valence-electron chi connectivity index (χ1n) is 6.20. The molecule has 0 saturated heterocycles. The highest BCUT2D eigenvalue weighted by Crippen LogP contribution is 2.19. The van der Waals surface area contributed by atoms with Crippen molar-refractivity contribution in [2.45, 2.75) is 27.7 Å². The molecule has 0 aliphatic heterocycles. The van der Waals surface area contributed by atoms with Crippen LogP contribution < -0.4 is 0 Å². The Morgan fingerprint density at radius 3 is 2.00 bits per heavy atom. The molecular formula is C15H27N3. The summed E-state index contributed by atoms with van der Waals surface area (Å²) in [6.45, 7) is 16.2. The van der Waals surface area contributed by atoms with E-state index in [2.05, 4.69) is 27.0 Å². The molecule has 0 heterocycles. The van der Waals surface area contributed by atoms with Gasteiger partial charge in [-0.1, -0.05) is 27.0 Å². The van der Waals surface area contributed by atoms with E-state index in [4.69, 9.17) is 4.99 Å². The highest BCUT2D eigenvalue weighted by Gasteiger charge is 2.11. The van der Waals surface area contributed by atoms with E-state index in [9.17, 15) is 0 Å². The standard InChI is InChI=1S/C15H27N3/c1-10-18(9)15(16-13(5)11(2)3)12(4)14(6)17(7)8/h10-11H,1,6H2,2-5,7-9H3/b15-12-,16-13?. The van der Waals surface area contributed by atoms with Crippen LogP contribution in [-0.4, -0.2) is 36.7 Å². The maximum absolute atomic E-state index is 4.71. The van der Waals surface area contributed by atoms with E-state index in [1.165, 1.54) is 0 Å². The maximum atomic E-state index is 4.71. The molecule has 0 aliphatic carbocycles. The Morgan fingerprint density at radius 1 is 1.17 bits per heavy atom. The van der Waals surface area contributed by atoms with Gasteiger partial charge in [-0.15, -0.1) is 0 Å². The monoisotopic (exact) mass is 249 g/mol. The minimum atomic E-state index is 0.429. The summed E-state index contributed by atoms with van der Waals surface area (Å²) in [5.74, 6) is 1.33. The largest absolute Gasteiger partial charge is 0.378 e. The normalized spacial score (nSPS) is 13.2. The lowest BCUT2D eigenvalue weighted by atomic mass is 10.1. The Balaban J connectivity index is 5.63. The van der Waals surface area contributed by atoms with Crippen molar-refractivity contribution in [3.63, 3.8) is 0 Å². The van der Waals surface area contributed by atoms with Gasteiger partial charge in [0.1, 0.15) is 5.82 Å². The van der Waals surface area contributed by atoms with Crippen molar-refractivity contribution in [1.29, 1.82) is 0 Å². The third kappa shape index (κ3) is 4.40. The predicted molar refractivity (Wildman–Crippen MR) is 81.4 cm³/mol. The van der Waals surface area contributed by atoms with E-state index in [0.717, 1.165) is 22.8 Å². The van der Waals surface area contributed by atoms with Gasteiger partial charge in [-0.2, -0.15) is 0 Å². The summed E-state index contributed by atoms with van der Waals surface area (Å²) < 4.78 is 0. The molecule has 0 fully saturated rings. The summed E-state index contributed by atoms with van der Waals surface area (Å²) >= 11 is 0. The molecule has 0 N–H and O–H groups in total. The van der Waals surface area contributed by atoms with Crippen LogP contribution in [0, 0.1) is 5.92 Å². The first kappa shape index (κ1) is 16.5. The molecule has 0 aromatic heterocycles. The SMILES string of the molecule is C=CN(C)/C(N=C(C)C(C)C)=C(/C)C(=C)N(C)C. The van der Waals surface area contributed by atoms with Crippen LogP contribution in [0.25, 0.3) is 0 Å². The van der Waals surface area contributed by atoms with Crippen LogP contribution in [0.2, 0.25) is 0 Å². The second kappa shape index (κ2) is 7.04. The van der Waals surface area contributed by atoms with E-state index < -0.39 is 0 Å². The fraction of sp³-hybridized carbons (Fsp3) is 0.533. The van der Waals surface area contributed by atoms with Gasteiger partial charge in [-0.05, 0) is 26.0 Å². The second-order valence-corrected chi connectivity index (χ2v) is 4.99. The first-order chi connectivity index (χ1) is 8.22. The molecule has 0 spiro atoms. The van der Waals surface area contributed by atoms with Crippen LogP contribution in [0.1, 0.15) is 27.7 Å². The molecular weight excluding hydrogens is 222 g/mol. The zero-order valence-electron chi connectivity index (χ0n) is 12.9. The summed E-state index contributed by atoms with van der Waals surface area (Å²) in [6, 6.07) is 0. The van der Waals surface area contributed by atoms with Gasteiger partial charge < -0.3 is 9.80 Å². The number of nitrogens with zero attached hydrogens (tertiary/aromatic N) is 3. The molecule has 0 atom stereocenters. The summed E-state index contributed by atoms with van der Waals surface area (Å²) in [5.41, 5.74) is 3.12. The molecule has 3 nitrogen and oxygen atoms in total. The van der Waals surface area contributed by atoms with Crippen LogP contribution >= 0.6 is 0 Å². The third-order valence-corrected chi connectivity index (χ3v) is 3.03. The number of allylic oxidation sites excluding steroid dienone is 1. The number of aliphatic imine (C=N–C) groups is 1. The lowest BCUT2D eigenvalue weighted by Gasteiger charge is -2.23. The molecule has 0 bridgehead atoms. The van der Waals surface area contributed by atoms with Crippen molar-refractivity contribution in [1.82, 2.24) is 9.80 Å². The number of hydrogen-bond donors (Lipinski definition) is 0. The average molecular weight is 249 g/mol. The van der Waals surface area contributed by atoms with E-state index in [-0.39, 0.29) is 0 Å². The van der Waals surface area contributed by atoms with Crippen molar-refractivity contribution >= 4 is 5.71 Å². The minimum Gasteiger partial charge on any atom is -0.378 e. The molecule has 102 valence electrons. The lowest BCUT2D eigenvalue weighted by Crippen LogP contribution is -2.18. The lowest BCUT2D eigenvalue weighted by molar-refractivity contribution is 0.504. The fourth-order valence-corrected chi connectivity index (χ4v) is 1.27. The van der Waals surface area contributed by atoms with E-state index in [1.54, 1.807) is 6.20 Å². The van der Waals surface area contributed by atoms with Gasteiger partial charge in [0.15, 0.2) is 0 Å². The third-order valence-electron chi connectivity index (χ3n) is 3.03. The van der Waals surface area contributed by atoms with Crippen molar-refractivity contribution < 1.29 is 0 Å². The van der Waals surface area contributed by atoms with Gasteiger partial charge in [-0.25, -0.2) is 4.99 Å². The van der Waals surface area contributed by atoms with Crippen molar-refractivity contribution in [3.8, 4) is 0 Å². The van der Waals surface area contributed by atoms with Crippen molar-refractivity contribution in [3.05, 3.63) is 36.4 Å². The number of rotatable bonds is 6. The van der Waals surface area contributed by atoms with Crippen LogP contribution in [0.5, 0.6) is 0 Å². The van der Waals surface area contributed by atoms with Gasteiger partial charge in [0.05, 0.1) is 0 Å². The molecule has 0 unspecified atom stereocenters. The quantitative estimate of drug-likeness (QED) is 0.530. The highest BCUT2D eigenvalue weighted by atomic mass is 15.2. The van der Waals surface area contributed by atoms with Crippen LogP contribution in [0.3, 0.4) is 0 Å². The molecule has 0 amide bonds. The Labute approximate surface area is 112 Å². The highest BCUT2D eigenvalue weighted by molar-refractivity contribution is 5.84. The Bertz CT molecular complexity index is 373. The van der Waals surface area contributed by atoms with Gasteiger partial charge in [0.25, 0.3) is 0 Å². The molecule has 0 aromatic carbocycles. The molecule has 0 aromatic rings. The number of likely N-dealkylation sites (N-methyl/N-ethyl adjacent to an activating group) is 1. The summed E-state index contributed by atoms with van der Waals surface area (Å²) in [5, 5.41) is 0. The summed E-state index contributed by atoms with van der Waals surface area (Å²) in [7, 11) is 5.92. The average Bonchev–Trinajstić information content (AvgIpc) is 2.32. The topological polar surface area (TPSA) is 18.8 Å². The summed E-state index contributed by atoms with van der Waals surface area (Å²) in [6.07, 6.45) is 1.76. The Hall–Kier alpha value is -1.51. The van der Waals surface area contributed by atoms with E-state index >= 15 is 0 Å². The number of hydrogen-bond acceptors (Lipinski definition) is 3. The zero-order valence-corrected chi connectivity index (χ0v) is 12.9. The van der Waals surface area contributed by atoms with Gasteiger partial charge in [0, 0.05) is 38.1 Å².